The Bertz CT molecular complexity index is 402. The van der Waals surface area contributed by atoms with E-state index < -0.39 is 0 Å². The monoisotopic (exact) mass is 233 g/mol. The van der Waals surface area contributed by atoms with Gasteiger partial charge in [-0.05, 0) is 31.4 Å². The number of hydrogen-bond acceptors (Lipinski definition) is 3. The molecule has 17 heavy (non-hydrogen) atoms. The number of pyridine rings is 1. The van der Waals surface area contributed by atoms with Gasteiger partial charge in [-0.3, -0.25) is 9.78 Å². The standard InChI is InChI=1S/C13H19N3O/c1-9-5-6-16(8-12(9)14)13(17)11-4-3-10(2)15-7-11/h3-4,7,9,12H,5-6,8,14H2,1-2H3. The molecule has 2 rings (SSSR count). The van der Waals surface area contributed by atoms with E-state index in [-0.39, 0.29) is 11.9 Å². The van der Waals surface area contributed by atoms with Gasteiger partial charge in [0, 0.05) is 31.0 Å². The lowest BCUT2D eigenvalue weighted by molar-refractivity contribution is 0.0672. The normalized spacial score (nSPS) is 24.8. The van der Waals surface area contributed by atoms with E-state index in [9.17, 15) is 4.79 Å². The van der Waals surface area contributed by atoms with E-state index in [2.05, 4.69) is 11.9 Å². The molecule has 2 heterocycles. The molecule has 1 saturated heterocycles. The van der Waals surface area contributed by atoms with Crippen molar-refractivity contribution in [3.05, 3.63) is 29.6 Å². The van der Waals surface area contributed by atoms with Crippen LogP contribution in [0.1, 0.15) is 29.4 Å². The highest BCUT2D eigenvalue weighted by atomic mass is 16.2. The molecule has 4 nitrogen and oxygen atoms in total. The van der Waals surface area contributed by atoms with Gasteiger partial charge in [0.05, 0.1) is 5.56 Å². The smallest absolute Gasteiger partial charge is 0.255 e. The number of carbonyl (C=O) groups is 1. The Kier molecular flexibility index (Phi) is 3.43. The molecule has 0 saturated carbocycles. The predicted molar refractivity (Wildman–Crippen MR) is 66.6 cm³/mol. The van der Waals surface area contributed by atoms with Crippen LogP contribution in [-0.4, -0.2) is 34.9 Å². The van der Waals surface area contributed by atoms with Crippen LogP contribution in [0.4, 0.5) is 0 Å². The first-order chi connectivity index (χ1) is 8.08. The highest BCUT2D eigenvalue weighted by Gasteiger charge is 2.26. The lowest BCUT2D eigenvalue weighted by Gasteiger charge is -2.35. The predicted octanol–water partition coefficient (Wildman–Crippen LogP) is 1.20. The summed E-state index contributed by atoms with van der Waals surface area (Å²) in [5.74, 6) is 0.537. The Morgan fingerprint density at radius 2 is 2.29 bits per heavy atom. The van der Waals surface area contributed by atoms with Crippen LogP contribution in [0.2, 0.25) is 0 Å². The van der Waals surface area contributed by atoms with Gasteiger partial charge in [0.15, 0.2) is 0 Å². The van der Waals surface area contributed by atoms with Gasteiger partial charge in [-0.15, -0.1) is 0 Å². The van der Waals surface area contributed by atoms with Gasteiger partial charge < -0.3 is 10.6 Å². The topological polar surface area (TPSA) is 59.2 Å². The van der Waals surface area contributed by atoms with Gasteiger partial charge in [0.25, 0.3) is 5.91 Å². The fourth-order valence-electron chi connectivity index (χ4n) is 2.06. The number of hydrogen-bond donors (Lipinski definition) is 1. The molecule has 0 spiro atoms. The second-order valence-corrected chi connectivity index (χ2v) is 4.87. The molecule has 1 aliphatic rings. The van der Waals surface area contributed by atoms with Crippen molar-refractivity contribution in [1.29, 1.82) is 0 Å². The zero-order valence-electron chi connectivity index (χ0n) is 10.4. The second-order valence-electron chi connectivity index (χ2n) is 4.87. The molecular formula is C13H19N3O. The summed E-state index contributed by atoms with van der Waals surface area (Å²) in [4.78, 5) is 18.2. The Morgan fingerprint density at radius 1 is 1.53 bits per heavy atom. The van der Waals surface area contributed by atoms with E-state index >= 15 is 0 Å². The van der Waals surface area contributed by atoms with Crippen molar-refractivity contribution < 1.29 is 4.79 Å². The van der Waals surface area contributed by atoms with Gasteiger partial charge >= 0.3 is 0 Å². The van der Waals surface area contributed by atoms with Crippen LogP contribution >= 0.6 is 0 Å². The number of likely N-dealkylation sites (tertiary alicyclic amines) is 1. The highest BCUT2D eigenvalue weighted by Crippen LogP contribution is 2.17. The van der Waals surface area contributed by atoms with E-state index in [1.807, 2.05) is 24.0 Å². The van der Waals surface area contributed by atoms with Gasteiger partial charge in [-0.2, -0.15) is 0 Å². The second kappa shape index (κ2) is 4.84. The summed E-state index contributed by atoms with van der Waals surface area (Å²) in [6.45, 7) is 5.49. The van der Waals surface area contributed by atoms with Crippen molar-refractivity contribution in [2.75, 3.05) is 13.1 Å². The molecule has 0 radical (unpaired) electrons. The molecule has 1 fully saturated rings. The van der Waals surface area contributed by atoms with Crippen molar-refractivity contribution in [1.82, 2.24) is 9.88 Å². The molecule has 2 N–H and O–H groups in total. The average molecular weight is 233 g/mol. The molecule has 2 unspecified atom stereocenters. The van der Waals surface area contributed by atoms with Crippen LogP contribution in [-0.2, 0) is 0 Å². The fraction of sp³-hybridized carbons (Fsp3) is 0.538. The quantitative estimate of drug-likeness (QED) is 0.793. The third kappa shape index (κ3) is 2.64. The highest BCUT2D eigenvalue weighted by molar-refractivity contribution is 5.94. The summed E-state index contributed by atoms with van der Waals surface area (Å²) in [5.41, 5.74) is 7.57. The Hall–Kier alpha value is -1.42. The zero-order valence-corrected chi connectivity index (χ0v) is 10.4. The van der Waals surface area contributed by atoms with Crippen molar-refractivity contribution in [3.63, 3.8) is 0 Å². The average Bonchev–Trinajstić information content (AvgIpc) is 2.33. The van der Waals surface area contributed by atoms with Gasteiger partial charge in [0.2, 0.25) is 0 Å². The van der Waals surface area contributed by atoms with Crippen molar-refractivity contribution in [2.45, 2.75) is 26.3 Å². The van der Waals surface area contributed by atoms with Crippen LogP contribution in [0.5, 0.6) is 0 Å². The Balaban J connectivity index is 2.08. The van der Waals surface area contributed by atoms with Crippen LogP contribution in [0.3, 0.4) is 0 Å². The molecule has 1 amide bonds. The van der Waals surface area contributed by atoms with Gasteiger partial charge in [0.1, 0.15) is 0 Å². The van der Waals surface area contributed by atoms with E-state index in [1.54, 1.807) is 6.20 Å². The van der Waals surface area contributed by atoms with Crippen molar-refractivity contribution >= 4 is 5.91 Å². The van der Waals surface area contributed by atoms with Crippen molar-refractivity contribution in [3.8, 4) is 0 Å². The lowest BCUT2D eigenvalue weighted by Crippen LogP contribution is -2.49. The molecule has 4 heteroatoms. The number of nitrogens with zero attached hydrogens (tertiary/aromatic N) is 2. The summed E-state index contributed by atoms with van der Waals surface area (Å²) in [7, 11) is 0. The zero-order chi connectivity index (χ0) is 12.4. The van der Waals surface area contributed by atoms with Crippen LogP contribution in [0.25, 0.3) is 0 Å². The molecule has 92 valence electrons. The third-order valence-corrected chi connectivity index (χ3v) is 3.46. The molecule has 0 bridgehead atoms. The first-order valence-corrected chi connectivity index (χ1v) is 6.05. The Morgan fingerprint density at radius 3 is 2.88 bits per heavy atom. The molecular weight excluding hydrogens is 214 g/mol. The fourth-order valence-corrected chi connectivity index (χ4v) is 2.06. The summed E-state index contributed by atoms with van der Waals surface area (Å²) in [5, 5.41) is 0. The largest absolute Gasteiger partial charge is 0.337 e. The maximum absolute atomic E-state index is 12.2. The lowest BCUT2D eigenvalue weighted by atomic mass is 9.94. The summed E-state index contributed by atoms with van der Waals surface area (Å²) < 4.78 is 0. The van der Waals surface area contributed by atoms with Crippen LogP contribution in [0, 0.1) is 12.8 Å². The van der Waals surface area contributed by atoms with E-state index in [1.165, 1.54) is 0 Å². The molecule has 0 aliphatic carbocycles. The van der Waals surface area contributed by atoms with Crippen molar-refractivity contribution in [2.24, 2.45) is 11.7 Å². The van der Waals surface area contributed by atoms with Crippen LogP contribution < -0.4 is 5.73 Å². The first-order valence-electron chi connectivity index (χ1n) is 6.05. The summed E-state index contributed by atoms with van der Waals surface area (Å²) in [6.07, 6.45) is 2.62. The number of piperidine rings is 1. The minimum absolute atomic E-state index is 0.0415. The number of rotatable bonds is 1. The molecule has 0 aromatic carbocycles. The number of amides is 1. The number of carbonyl (C=O) groups excluding carboxylic acids is 1. The van der Waals surface area contributed by atoms with E-state index in [0.29, 0.717) is 18.0 Å². The first kappa shape index (κ1) is 12.0. The maximum atomic E-state index is 12.2. The number of nitrogens with two attached hydrogens (primary N) is 1. The SMILES string of the molecule is Cc1ccc(C(=O)N2CCC(C)C(N)C2)cn1. The maximum Gasteiger partial charge on any atom is 0.255 e. The Labute approximate surface area is 102 Å². The van der Waals surface area contributed by atoms with E-state index in [4.69, 9.17) is 5.73 Å². The van der Waals surface area contributed by atoms with Crippen LogP contribution in [0.15, 0.2) is 18.3 Å². The molecule has 1 aromatic rings. The summed E-state index contributed by atoms with van der Waals surface area (Å²) in [6, 6.07) is 3.78. The summed E-state index contributed by atoms with van der Waals surface area (Å²) >= 11 is 0. The van der Waals surface area contributed by atoms with E-state index in [0.717, 1.165) is 18.7 Å². The minimum Gasteiger partial charge on any atom is -0.337 e. The molecule has 1 aromatic heterocycles. The van der Waals surface area contributed by atoms with Gasteiger partial charge in [-0.25, -0.2) is 0 Å². The number of aryl methyl sites for hydroxylation is 1. The molecule has 1 aliphatic heterocycles. The molecule has 2 atom stereocenters. The third-order valence-electron chi connectivity index (χ3n) is 3.46. The number of aromatic nitrogens is 1. The minimum atomic E-state index is 0.0415. The van der Waals surface area contributed by atoms with Gasteiger partial charge in [-0.1, -0.05) is 6.92 Å².